The van der Waals surface area contributed by atoms with Crippen LogP contribution < -0.4 is 20.3 Å². The minimum Gasteiger partial charge on any atom is -0.454 e. The Hall–Kier alpha value is -3.50. The van der Waals surface area contributed by atoms with Gasteiger partial charge in [-0.25, -0.2) is 0 Å². The molecule has 0 unspecified atom stereocenters. The minimum atomic E-state index is -4.67. The highest BCUT2D eigenvalue weighted by Crippen LogP contribution is 2.34. The lowest BCUT2D eigenvalue weighted by Gasteiger charge is -2.15. The Morgan fingerprint density at radius 1 is 1.21 bits per heavy atom. The normalized spacial score (nSPS) is 13.7. The van der Waals surface area contributed by atoms with E-state index in [4.69, 9.17) is 14.2 Å². The van der Waals surface area contributed by atoms with Crippen LogP contribution >= 0.6 is 0 Å². The monoisotopic (exact) mass is 412 g/mol. The predicted molar refractivity (Wildman–Crippen MR) is 92.5 cm³/mol. The average molecular weight is 412 g/mol. The topological polar surface area (TPSA) is 95.9 Å². The van der Waals surface area contributed by atoms with Crippen LogP contribution in [-0.4, -0.2) is 29.3 Å². The van der Waals surface area contributed by atoms with Gasteiger partial charge in [0.05, 0.1) is 5.56 Å². The van der Waals surface area contributed by atoms with Gasteiger partial charge in [-0.15, -0.1) is 0 Å². The summed E-state index contributed by atoms with van der Waals surface area (Å²) in [4.78, 5) is 35.8. The first-order valence-electron chi connectivity index (χ1n) is 8.31. The summed E-state index contributed by atoms with van der Waals surface area (Å²) in [7, 11) is 0. The Balaban J connectivity index is 1.60. The zero-order valence-corrected chi connectivity index (χ0v) is 15.0. The molecule has 1 amide bonds. The van der Waals surface area contributed by atoms with Crippen LogP contribution in [0.5, 0.6) is 11.5 Å². The number of anilines is 1. The molecule has 0 saturated carbocycles. The molecule has 1 atom stereocenters. The first-order chi connectivity index (χ1) is 13.6. The molecular formula is C18H15F3N2O6. The number of nitrogens with zero attached hydrogens (tertiary/aromatic N) is 1. The summed E-state index contributed by atoms with van der Waals surface area (Å²) in [5, 5.41) is 2.51. The van der Waals surface area contributed by atoms with Crippen LogP contribution in [0, 0.1) is 0 Å². The van der Waals surface area contributed by atoms with Gasteiger partial charge in [-0.2, -0.15) is 13.2 Å². The van der Waals surface area contributed by atoms with E-state index in [-0.39, 0.29) is 6.79 Å². The highest BCUT2D eigenvalue weighted by molar-refractivity contribution is 5.95. The summed E-state index contributed by atoms with van der Waals surface area (Å²) in [6.45, 7) is 0.579. The molecule has 0 radical (unpaired) electrons. The third-order valence-corrected chi connectivity index (χ3v) is 3.93. The van der Waals surface area contributed by atoms with E-state index < -0.39 is 41.8 Å². The van der Waals surface area contributed by atoms with Gasteiger partial charge < -0.3 is 24.1 Å². The van der Waals surface area contributed by atoms with E-state index in [1.54, 1.807) is 12.1 Å². The van der Waals surface area contributed by atoms with Crippen molar-refractivity contribution in [2.45, 2.75) is 25.7 Å². The Morgan fingerprint density at radius 3 is 2.66 bits per heavy atom. The van der Waals surface area contributed by atoms with Gasteiger partial charge in [-0.05, 0) is 25.1 Å². The third kappa shape index (κ3) is 4.86. The van der Waals surface area contributed by atoms with E-state index in [0.29, 0.717) is 40.1 Å². The molecule has 154 valence electrons. The Morgan fingerprint density at radius 2 is 1.93 bits per heavy atom. The summed E-state index contributed by atoms with van der Waals surface area (Å²) in [5.74, 6) is -0.751. The quantitative estimate of drug-likeness (QED) is 0.757. The summed E-state index contributed by atoms with van der Waals surface area (Å²) < 4.78 is 54.0. The smallest absolute Gasteiger partial charge is 0.417 e. The number of alkyl halides is 3. The number of ether oxygens (including phenoxy) is 3. The van der Waals surface area contributed by atoms with Crippen molar-refractivity contribution in [2.24, 2.45) is 0 Å². The van der Waals surface area contributed by atoms with E-state index in [1.807, 2.05) is 0 Å². The van der Waals surface area contributed by atoms with Crippen molar-refractivity contribution >= 4 is 17.6 Å². The minimum absolute atomic E-state index is 0.0651. The van der Waals surface area contributed by atoms with Crippen molar-refractivity contribution in [3.8, 4) is 11.5 Å². The fraction of sp³-hybridized carbons (Fsp3) is 0.278. The number of esters is 1. The number of hydrogen-bond acceptors (Lipinski definition) is 6. The molecule has 11 heteroatoms. The molecule has 1 aliphatic rings. The lowest BCUT2D eigenvalue weighted by molar-refractivity contribution is -0.154. The lowest BCUT2D eigenvalue weighted by atomic mass is 10.2. The molecule has 2 heterocycles. The van der Waals surface area contributed by atoms with Crippen LogP contribution in [0.3, 0.4) is 0 Å². The molecule has 0 fully saturated rings. The number of carbonyl (C=O) groups is 2. The Kier molecular flexibility index (Phi) is 5.48. The maximum Gasteiger partial charge on any atom is 0.417 e. The van der Waals surface area contributed by atoms with E-state index >= 15 is 0 Å². The molecule has 2 aromatic rings. The fourth-order valence-electron chi connectivity index (χ4n) is 2.47. The Labute approximate surface area is 161 Å². The number of nitrogens with one attached hydrogen (secondary N) is 1. The number of amides is 1. The maximum atomic E-state index is 12.7. The number of carbonyl (C=O) groups excluding carboxylic acids is 2. The second-order valence-corrected chi connectivity index (χ2v) is 6.07. The molecule has 1 aromatic heterocycles. The van der Waals surface area contributed by atoms with Gasteiger partial charge in [0.25, 0.3) is 11.5 Å². The summed E-state index contributed by atoms with van der Waals surface area (Å²) in [5.41, 5.74) is -1.53. The molecular weight excluding hydrogens is 397 g/mol. The number of fused-ring (bicyclic) bond motifs is 1. The fourth-order valence-corrected chi connectivity index (χ4v) is 2.47. The second-order valence-electron chi connectivity index (χ2n) is 6.07. The number of halogens is 3. The van der Waals surface area contributed by atoms with Gasteiger partial charge in [0.1, 0.15) is 6.54 Å². The molecule has 3 rings (SSSR count). The highest BCUT2D eigenvalue weighted by Gasteiger charge is 2.31. The molecule has 0 bridgehead atoms. The molecule has 8 nitrogen and oxygen atoms in total. The number of benzene rings is 1. The predicted octanol–water partition coefficient (Wildman–Crippen LogP) is 2.17. The van der Waals surface area contributed by atoms with Crippen LogP contribution in [0.1, 0.15) is 12.5 Å². The van der Waals surface area contributed by atoms with Gasteiger partial charge in [0, 0.05) is 24.0 Å². The van der Waals surface area contributed by atoms with Crippen LogP contribution in [0.2, 0.25) is 0 Å². The van der Waals surface area contributed by atoms with Crippen molar-refractivity contribution in [3.63, 3.8) is 0 Å². The maximum absolute atomic E-state index is 12.7. The molecule has 1 aromatic carbocycles. The van der Waals surface area contributed by atoms with Gasteiger partial charge >= 0.3 is 12.1 Å². The molecule has 29 heavy (non-hydrogen) atoms. The van der Waals surface area contributed by atoms with Crippen LogP contribution in [0.15, 0.2) is 41.3 Å². The number of aromatic nitrogens is 1. The first-order valence-corrected chi connectivity index (χ1v) is 8.31. The van der Waals surface area contributed by atoms with Crippen LogP contribution in [0.4, 0.5) is 18.9 Å². The SMILES string of the molecule is C[C@@H](OC(=O)Cn1cc(C(F)(F)F)ccc1=O)C(=O)Nc1ccc2c(c1)OCO2. The summed E-state index contributed by atoms with van der Waals surface area (Å²) in [6.07, 6.45) is -5.41. The third-order valence-electron chi connectivity index (χ3n) is 3.93. The Bertz CT molecular complexity index is 1000. The van der Waals surface area contributed by atoms with Gasteiger partial charge in [0.15, 0.2) is 17.6 Å². The summed E-state index contributed by atoms with van der Waals surface area (Å²) in [6, 6.07) is 5.99. The largest absolute Gasteiger partial charge is 0.454 e. The van der Waals surface area contributed by atoms with Crippen molar-refractivity contribution in [1.29, 1.82) is 0 Å². The van der Waals surface area contributed by atoms with Crippen molar-refractivity contribution < 1.29 is 37.0 Å². The molecule has 0 spiro atoms. The molecule has 1 N–H and O–H groups in total. The first kappa shape index (κ1) is 20.2. The highest BCUT2D eigenvalue weighted by atomic mass is 19.4. The zero-order valence-electron chi connectivity index (χ0n) is 15.0. The van der Waals surface area contributed by atoms with E-state index in [0.717, 1.165) is 0 Å². The number of rotatable bonds is 5. The standard InChI is InChI=1S/C18H15F3N2O6/c1-10(17(26)22-12-3-4-13-14(6-12)28-9-27-13)29-16(25)8-23-7-11(18(19,20)21)2-5-15(23)24/h2-7,10H,8-9H2,1H3,(H,22,26)/t10-/m1/s1. The van der Waals surface area contributed by atoms with Crippen molar-refractivity contribution in [1.82, 2.24) is 4.57 Å². The van der Waals surface area contributed by atoms with E-state index in [2.05, 4.69) is 5.32 Å². The van der Waals surface area contributed by atoms with Crippen LogP contribution in [0.25, 0.3) is 0 Å². The average Bonchev–Trinajstić information content (AvgIpc) is 3.10. The van der Waals surface area contributed by atoms with Crippen molar-refractivity contribution in [2.75, 3.05) is 12.1 Å². The van der Waals surface area contributed by atoms with E-state index in [9.17, 15) is 27.6 Å². The molecule has 0 aliphatic carbocycles. The number of hydrogen-bond donors (Lipinski definition) is 1. The summed E-state index contributed by atoms with van der Waals surface area (Å²) >= 11 is 0. The zero-order chi connectivity index (χ0) is 21.2. The van der Waals surface area contributed by atoms with E-state index in [1.165, 1.54) is 13.0 Å². The van der Waals surface area contributed by atoms with Crippen molar-refractivity contribution in [3.05, 3.63) is 52.4 Å². The molecule has 1 aliphatic heterocycles. The van der Waals surface area contributed by atoms with Gasteiger partial charge in [0.2, 0.25) is 6.79 Å². The van der Waals surface area contributed by atoms with Gasteiger partial charge in [-0.1, -0.05) is 0 Å². The van der Waals surface area contributed by atoms with Gasteiger partial charge in [-0.3, -0.25) is 14.4 Å². The molecule has 0 saturated heterocycles. The van der Waals surface area contributed by atoms with Crippen LogP contribution in [-0.2, 0) is 27.0 Å². The second kappa shape index (κ2) is 7.86. The lowest BCUT2D eigenvalue weighted by Crippen LogP contribution is -2.33. The number of pyridine rings is 1.